The highest BCUT2D eigenvalue weighted by Crippen LogP contribution is 2.26. The van der Waals surface area contributed by atoms with E-state index in [2.05, 4.69) is 26.0 Å². The lowest BCUT2D eigenvalue weighted by atomic mass is 9.98. The number of carbonyl (C=O) groups excluding carboxylic acids is 2. The fourth-order valence-corrected chi connectivity index (χ4v) is 8.39. The largest absolute Gasteiger partial charge is 0.462 e. The molecule has 4 unspecified atom stereocenters. The first-order valence-corrected chi connectivity index (χ1v) is 26.3. The number of hydrogen-bond donors (Lipinski definition) is 7. The molecular weight excluding hydrogens is 853 g/mol. The summed E-state index contributed by atoms with van der Waals surface area (Å²) in [5, 5.41) is 72.0. The Hall–Kier alpha value is -1.76. The molecule has 388 valence electrons. The second-order valence-corrected chi connectivity index (χ2v) is 18.7. The summed E-state index contributed by atoms with van der Waals surface area (Å²) in [4.78, 5) is 25.7. The van der Waals surface area contributed by atoms with E-state index in [1.807, 2.05) is 0 Å². The lowest BCUT2D eigenvalue weighted by Gasteiger charge is -2.42. The zero-order valence-electron chi connectivity index (χ0n) is 40.9. The molecule has 0 amide bonds. The third kappa shape index (κ3) is 26.8. The van der Waals surface area contributed by atoms with Crippen molar-refractivity contribution in [3.63, 3.8) is 0 Å². The van der Waals surface area contributed by atoms with Gasteiger partial charge in [0, 0.05) is 12.8 Å². The molecule has 2 aliphatic heterocycles. The van der Waals surface area contributed by atoms with Crippen LogP contribution in [0.1, 0.15) is 206 Å². The normalized spacial score (nSPS) is 26.2. The quantitative estimate of drug-likeness (QED) is 0.0180. The van der Waals surface area contributed by atoms with Crippen molar-refractivity contribution in [1.82, 2.24) is 0 Å². The van der Waals surface area contributed by atoms with Crippen LogP contribution in [0.15, 0.2) is 12.2 Å². The summed E-state index contributed by atoms with van der Waals surface area (Å²) in [5.41, 5.74) is 0. The second kappa shape index (κ2) is 39.0. The molecule has 0 aromatic heterocycles. The van der Waals surface area contributed by atoms with Crippen LogP contribution in [-0.2, 0) is 38.0 Å². The van der Waals surface area contributed by atoms with Crippen molar-refractivity contribution < 1.29 is 73.8 Å². The van der Waals surface area contributed by atoms with E-state index in [9.17, 15) is 45.3 Å². The molecule has 15 nitrogen and oxygen atoms in total. The van der Waals surface area contributed by atoms with Crippen LogP contribution in [0.4, 0.5) is 0 Å². The number of rotatable bonds is 41. The molecule has 0 aromatic rings. The second-order valence-electron chi connectivity index (χ2n) is 18.7. The SMILES string of the molecule is CCCCCCCC/C=C/CCCCCC(=O)O[C@@H](COC(=O)CCCCCCCCCCCCCCCCCCC)CO[C@@H]1O[C@H](CO[C@@H]2O[C@H](CO)[C@H](O)C(O)C2O)[C@H](O)C(O)C1O. The van der Waals surface area contributed by atoms with Crippen molar-refractivity contribution >= 4 is 11.9 Å². The van der Waals surface area contributed by atoms with Gasteiger partial charge in [-0.15, -0.1) is 0 Å². The number of allylic oxidation sites excluding steroid dienone is 2. The Morgan fingerprint density at radius 2 is 0.864 bits per heavy atom. The van der Waals surface area contributed by atoms with Crippen molar-refractivity contribution in [3.05, 3.63) is 12.2 Å². The maximum atomic E-state index is 13.0. The minimum absolute atomic E-state index is 0.149. The van der Waals surface area contributed by atoms with Crippen molar-refractivity contribution in [2.75, 3.05) is 26.4 Å². The molecule has 2 heterocycles. The smallest absolute Gasteiger partial charge is 0.306 e. The molecule has 2 aliphatic rings. The van der Waals surface area contributed by atoms with E-state index in [0.717, 1.165) is 44.9 Å². The molecule has 11 atom stereocenters. The molecular formula is C51H94O15. The average molecular weight is 947 g/mol. The molecule has 0 saturated carbocycles. The number of carbonyl (C=O) groups is 2. The van der Waals surface area contributed by atoms with Crippen LogP contribution in [-0.4, -0.2) is 142 Å². The summed E-state index contributed by atoms with van der Waals surface area (Å²) in [6, 6.07) is 0. The van der Waals surface area contributed by atoms with Crippen LogP contribution in [0.25, 0.3) is 0 Å². The topological polar surface area (TPSA) is 231 Å². The van der Waals surface area contributed by atoms with Gasteiger partial charge < -0.3 is 64.2 Å². The van der Waals surface area contributed by atoms with E-state index < -0.39 is 92.7 Å². The summed E-state index contributed by atoms with van der Waals surface area (Å²) in [6.45, 7) is 2.59. The number of aliphatic hydroxyl groups excluding tert-OH is 7. The fraction of sp³-hybridized carbons (Fsp3) is 0.922. The Balaban J connectivity index is 1.79. The number of unbranched alkanes of at least 4 members (excludes halogenated alkanes) is 25. The van der Waals surface area contributed by atoms with Gasteiger partial charge in [-0.2, -0.15) is 0 Å². The van der Waals surface area contributed by atoms with Gasteiger partial charge in [-0.1, -0.05) is 167 Å². The molecule has 2 fully saturated rings. The summed E-state index contributed by atoms with van der Waals surface area (Å²) in [7, 11) is 0. The molecule has 0 radical (unpaired) electrons. The summed E-state index contributed by atoms with van der Waals surface area (Å²) in [5.74, 6) is -0.933. The number of aliphatic hydroxyl groups is 7. The van der Waals surface area contributed by atoms with Crippen molar-refractivity contribution in [1.29, 1.82) is 0 Å². The highest BCUT2D eigenvalue weighted by Gasteiger charge is 2.47. The summed E-state index contributed by atoms with van der Waals surface area (Å²) < 4.78 is 33.6. The monoisotopic (exact) mass is 947 g/mol. The maximum absolute atomic E-state index is 13.0. The van der Waals surface area contributed by atoms with Gasteiger partial charge in [0.1, 0.15) is 55.4 Å². The highest BCUT2D eigenvalue weighted by atomic mass is 16.7. The van der Waals surface area contributed by atoms with Crippen molar-refractivity contribution in [2.24, 2.45) is 0 Å². The maximum Gasteiger partial charge on any atom is 0.306 e. The molecule has 0 aliphatic carbocycles. The van der Waals surface area contributed by atoms with Crippen LogP contribution < -0.4 is 0 Å². The lowest BCUT2D eigenvalue weighted by molar-refractivity contribution is -0.332. The zero-order chi connectivity index (χ0) is 48.2. The summed E-state index contributed by atoms with van der Waals surface area (Å²) >= 11 is 0. The van der Waals surface area contributed by atoms with Gasteiger partial charge in [0.25, 0.3) is 0 Å². The van der Waals surface area contributed by atoms with Crippen LogP contribution in [0.5, 0.6) is 0 Å². The third-order valence-electron chi connectivity index (χ3n) is 12.7. The molecule has 0 aromatic carbocycles. The van der Waals surface area contributed by atoms with Gasteiger partial charge in [0.05, 0.1) is 19.8 Å². The van der Waals surface area contributed by atoms with Crippen molar-refractivity contribution in [3.8, 4) is 0 Å². The molecule has 0 spiro atoms. The number of esters is 2. The van der Waals surface area contributed by atoms with Crippen molar-refractivity contribution in [2.45, 2.75) is 274 Å². The first-order valence-electron chi connectivity index (χ1n) is 26.3. The molecule has 2 saturated heterocycles. The Morgan fingerprint density at radius 1 is 0.470 bits per heavy atom. The van der Waals surface area contributed by atoms with Crippen LogP contribution >= 0.6 is 0 Å². The number of ether oxygens (including phenoxy) is 6. The van der Waals surface area contributed by atoms with Crippen LogP contribution in [0.2, 0.25) is 0 Å². The molecule has 66 heavy (non-hydrogen) atoms. The van der Waals surface area contributed by atoms with E-state index in [4.69, 9.17) is 28.4 Å². The van der Waals surface area contributed by atoms with Crippen LogP contribution in [0, 0.1) is 0 Å². The highest BCUT2D eigenvalue weighted by molar-refractivity contribution is 5.70. The Labute approximate surface area is 397 Å². The lowest BCUT2D eigenvalue weighted by Crippen LogP contribution is -2.61. The Bertz CT molecular complexity index is 1210. The summed E-state index contributed by atoms with van der Waals surface area (Å²) in [6.07, 6.45) is 21.0. The van der Waals surface area contributed by atoms with Gasteiger partial charge in [-0.3, -0.25) is 9.59 Å². The van der Waals surface area contributed by atoms with Gasteiger partial charge in [-0.25, -0.2) is 0 Å². The van der Waals surface area contributed by atoms with E-state index in [-0.39, 0.29) is 26.1 Å². The van der Waals surface area contributed by atoms with Gasteiger partial charge >= 0.3 is 11.9 Å². The van der Waals surface area contributed by atoms with Gasteiger partial charge in [0.2, 0.25) is 0 Å². The predicted molar refractivity (Wildman–Crippen MR) is 252 cm³/mol. The predicted octanol–water partition coefficient (Wildman–Crippen LogP) is 7.38. The Morgan fingerprint density at radius 3 is 1.35 bits per heavy atom. The number of hydrogen-bond acceptors (Lipinski definition) is 15. The fourth-order valence-electron chi connectivity index (χ4n) is 8.39. The van der Waals surface area contributed by atoms with Gasteiger partial charge in [0.15, 0.2) is 18.7 Å². The van der Waals surface area contributed by atoms with E-state index in [0.29, 0.717) is 12.8 Å². The minimum Gasteiger partial charge on any atom is -0.462 e. The van der Waals surface area contributed by atoms with E-state index in [1.165, 1.54) is 122 Å². The first-order chi connectivity index (χ1) is 32.0. The van der Waals surface area contributed by atoms with Gasteiger partial charge in [-0.05, 0) is 38.5 Å². The zero-order valence-corrected chi connectivity index (χ0v) is 40.9. The van der Waals surface area contributed by atoms with E-state index in [1.54, 1.807) is 0 Å². The average Bonchev–Trinajstić information content (AvgIpc) is 3.31. The molecule has 0 bridgehead atoms. The minimum atomic E-state index is -1.76. The first kappa shape index (κ1) is 60.4. The Kier molecular flexibility index (Phi) is 35.7. The molecule has 15 heteroatoms. The standard InChI is InChI=1S/C51H94O15/c1-3-5-7-9-11-13-15-17-18-19-20-22-23-25-27-29-31-33-42(53)61-36-39(64-43(54)34-32-30-28-26-24-21-16-14-12-10-8-6-4-2)37-62-50-49(60)47(58)45(56)41(66-50)38-63-51-48(59)46(57)44(55)40(35-52)65-51/h21,24,39-41,44-52,55-60H,3-20,22-23,25-38H2,1-2H3/b24-21+/t39-,40+,41+,44-,45-,46?,47?,48?,49?,50+,51+/m0/s1. The molecule has 2 rings (SSSR count). The van der Waals surface area contributed by atoms with E-state index >= 15 is 0 Å². The molecule has 7 N–H and O–H groups in total. The van der Waals surface area contributed by atoms with Crippen LogP contribution in [0.3, 0.4) is 0 Å². The third-order valence-corrected chi connectivity index (χ3v) is 12.7.